The van der Waals surface area contributed by atoms with Gasteiger partial charge in [0, 0.05) is 38.4 Å². The monoisotopic (exact) mass is 861 g/mol. The molecule has 0 spiro atoms. The van der Waals surface area contributed by atoms with Crippen molar-refractivity contribution in [2.24, 2.45) is 0 Å². The Morgan fingerprint density at radius 2 is 0.896 bits per heavy atom. The van der Waals surface area contributed by atoms with Crippen molar-refractivity contribution < 1.29 is 0 Å². The SMILES string of the molecule is CC1(C)CC(C)(C)c2cc(-c3cccc(-n4c5ccccc5c5ccc6c7ccccc7n(-c7nc(-c8ccc(-c9ccccc9)cc8)nc(-c8ccc9ccccc9c8)n7)c6c54)c3)ccc21. The molecule has 5 nitrogen and oxygen atoms in total. The lowest BCUT2D eigenvalue weighted by Gasteiger charge is -2.22. The molecular weight excluding hydrogens is 815 g/mol. The van der Waals surface area contributed by atoms with Gasteiger partial charge in [-0.3, -0.25) is 4.57 Å². The predicted molar refractivity (Wildman–Crippen MR) is 278 cm³/mol. The summed E-state index contributed by atoms with van der Waals surface area (Å²) in [5.41, 5.74) is 15.2. The van der Waals surface area contributed by atoms with E-state index in [1.807, 2.05) is 6.07 Å². The van der Waals surface area contributed by atoms with Gasteiger partial charge < -0.3 is 4.57 Å². The maximum atomic E-state index is 5.44. The first-order chi connectivity index (χ1) is 32.7. The quantitative estimate of drug-likeness (QED) is 0.167. The van der Waals surface area contributed by atoms with E-state index < -0.39 is 0 Å². The molecule has 0 radical (unpaired) electrons. The molecule has 0 bridgehead atoms. The van der Waals surface area contributed by atoms with Crippen molar-refractivity contribution in [2.75, 3.05) is 0 Å². The van der Waals surface area contributed by atoms with Gasteiger partial charge in [0.05, 0.1) is 22.1 Å². The average Bonchev–Trinajstić information content (AvgIpc) is 3.95. The van der Waals surface area contributed by atoms with E-state index in [1.54, 1.807) is 0 Å². The minimum absolute atomic E-state index is 0.104. The zero-order valence-corrected chi connectivity index (χ0v) is 38.0. The van der Waals surface area contributed by atoms with E-state index in [1.165, 1.54) is 38.4 Å². The molecule has 67 heavy (non-hydrogen) atoms. The van der Waals surface area contributed by atoms with E-state index in [4.69, 9.17) is 15.0 Å². The van der Waals surface area contributed by atoms with Gasteiger partial charge in [0.1, 0.15) is 0 Å². The number of aromatic nitrogens is 5. The predicted octanol–water partition coefficient (Wildman–Crippen LogP) is 15.8. The van der Waals surface area contributed by atoms with E-state index in [0.717, 1.165) is 72.6 Å². The summed E-state index contributed by atoms with van der Waals surface area (Å²) < 4.78 is 4.74. The maximum Gasteiger partial charge on any atom is 0.238 e. The second kappa shape index (κ2) is 14.7. The van der Waals surface area contributed by atoms with Crippen LogP contribution in [0.25, 0.3) is 111 Å². The number of rotatable bonds is 6. The molecule has 3 heterocycles. The summed E-state index contributed by atoms with van der Waals surface area (Å²) in [4.78, 5) is 16.1. The van der Waals surface area contributed by atoms with Crippen molar-refractivity contribution in [3.05, 3.63) is 211 Å². The topological polar surface area (TPSA) is 48.5 Å². The van der Waals surface area contributed by atoms with Gasteiger partial charge in [-0.15, -0.1) is 0 Å². The fraction of sp³-hybridized carbons (Fsp3) is 0.113. The van der Waals surface area contributed by atoms with Crippen molar-refractivity contribution in [1.82, 2.24) is 24.1 Å². The summed E-state index contributed by atoms with van der Waals surface area (Å²) >= 11 is 0. The van der Waals surface area contributed by atoms with Crippen LogP contribution < -0.4 is 0 Å². The van der Waals surface area contributed by atoms with Gasteiger partial charge in [-0.25, -0.2) is 4.98 Å². The van der Waals surface area contributed by atoms with Gasteiger partial charge in [-0.1, -0.05) is 198 Å². The second-order valence-corrected chi connectivity index (χ2v) is 19.6. The van der Waals surface area contributed by atoms with Crippen molar-refractivity contribution >= 4 is 54.4 Å². The molecule has 0 N–H and O–H groups in total. The van der Waals surface area contributed by atoms with Crippen LogP contribution in [-0.2, 0) is 10.8 Å². The molecule has 9 aromatic carbocycles. The Morgan fingerprint density at radius 3 is 1.64 bits per heavy atom. The molecule has 320 valence electrons. The third kappa shape index (κ3) is 6.25. The summed E-state index contributed by atoms with van der Waals surface area (Å²) in [5.74, 6) is 1.79. The van der Waals surface area contributed by atoms with Crippen molar-refractivity contribution in [2.45, 2.75) is 44.9 Å². The zero-order valence-electron chi connectivity index (χ0n) is 38.0. The Morgan fingerprint density at radius 1 is 0.358 bits per heavy atom. The molecule has 0 unspecified atom stereocenters. The van der Waals surface area contributed by atoms with Gasteiger partial charge in [0.15, 0.2) is 11.6 Å². The van der Waals surface area contributed by atoms with Crippen molar-refractivity contribution in [3.63, 3.8) is 0 Å². The third-order valence-corrected chi connectivity index (χ3v) is 14.3. The first-order valence-corrected chi connectivity index (χ1v) is 23.3. The van der Waals surface area contributed by atoms with E-state index in [0.29, 0.717) is 17.6 Å². The van der Waals surface area contributed by atoms with Crippen molar-refractivity contribution in [1.29, 1.82) is 0 Å². The normalized spacial score (nSPS) is 14.1. The van der Waals surface area contributed by atoms with Crippen LogP contribution in [-0.4, -0.2) is 24.1 Å². The largest absolute Gasteiger partial charge is 0.307 e. The summed E-state index contributed by atoms with van der Waals surface area (Å²) in [6.45, 7) is 9.55. The summed E-state index contributed by atoms with van der Waals surface area (Å²) in [6, 6.07) is 72.2. The summed E-state index contributed by atoms with van der Waals surface area (Å²) in [5, 5.41) is 6.93. The number of hydrogen-bond acceptors (Lipinski definition) is 3. The maximum absolute atomic E-state index is 5.44. The zero-order chi connectivity index (χ0) is 45.0. The third-order valence-electron chi connectivity index (χ3n) is 14.3. The number of hydrogen-bond donors (Lipinski definition) is 0. The number of fused-ring (bicyclic) bond motifs is 9. The molecule has 1 aliphatic carbocycles. The number of para-hydroxylation sites is 2. The van der Waals surface area contributed by atoms with Crippen LogP contribution in [0.4, 0.5) is 0 Å². The van der Waals surface area contributed by atoms with Gasteiger partial charge in [-0.05, 0) is 91.7 Å². The Labute approximate surface area is 389 Å². The molecule has 13 rings (SSSR count). The van der Waals surface area contributed by atoms with Crippen LogP contribution in [0.2, 0.25) is 0 Å². The molecule has 0 fully saturated rings. The lowest BCUT2D eigenvalue weighted by atomic mass is 9.82. The molecule has 1 aliphatic rings. The Balaban J connectivity index is 1.07. The van der Waals surface area contributed by atoms with Crippen LogP contribution in [0.5, 0.6) is 0 Å². The molecule has 12 aromatic rings. The lowest BCUT2D eigenvalue weighted by Crippen LogP contribution is -2.17. The smallest absolute Gasteiger partial charge is 0.238 e. The fourth-order valence-electron chi connectivity index (χ4n) is 11.5. The van der Waals surface area contributed by atoms with Gasteiger partial charge in [-0.2, -0.15) is 9.97 Å². The first-order valence-electron chi connectivity index (χ1n) is 23.3. The molecule has 0 saturated carbocycles. The summed E-state index contributed by atoms with van der Waals surface area (Å²) in [7, 11) is 0. The molecule has 0 saturated heterocycles. The highest BCUT2D eigenvalue weighted by atomic mass is 15.2. The van der Waals surface area contributed by atoms with Crippen molar-refractivity contribution in [3.8, 4) is 56.7 Å². The molecule has 5 heteroatoms. The minimum atomic E-state index is 0.104. The molecule has 0 aliphatic heterocycles. The fourth-order valence-corrected chi connectivity index (χ4v) is 11.5. The van der Waals surface area contributed by atoms with Gasteiger partial charge >= 0.3 is 0 Å². The Kier molecular flexibility index (Phi) is 8.60. The Bertz CT molecular complexity index is 3950. The summed E-state index contributed by atoms with van der Waals surface area (Å²) in [6.07, 6.45) is 1.14. The van der Waals surface area contributed by atoms with E-state index in [2.05, 4.69) is 231 Å². The Hall–Kier alpha value is -8.15. The molecule has 3 aromatic heterocycles. The van der Waals surface area contributed by atoms with Crippen LogP contribution in [0, 0.1) is 0 Å². The average molecular weight is 862 g/mol. The van der Waals surface area contributed by atoms with E-state index >= 15 is 0 Å². The standard InChI is InChI=1S/C62H47N5/c1-61(2)38-62(3,4)53-37-45(31-34-52(53)61)44-19-14-20-47(36-44)66-54-23-12-10-21-48(54)50-32-33-51-49-22-11-13-24-55(49)67(57(51)56(50)66)60-64-58(42-28-25-41(26-29-42)39-15-6-5-7-16-39)63-59(65-60)46-30-27-40-17-8-9-18-43(40)35-46/h5-37H,38H2,1-4H3. The van der Waals surface area contributed by atoms with Crippen LogP contribution in [0.15, 0.2) is 200 Å². The minimum Gasteiger partial charge on any atom is -0.307 e. The molecule has 0 amide bonds. The lowest BCUT2D eigenvalue weighted by molar-refractivity contribution is 0.403. The van der Waals surface area contributed by atoms with E-state index in [9.17, 15) is 0 Å². The molecule has 0 atom stereocenters. The highest BCUT2D eigenvalue weighted by Crippen LogP contribution is 2.50. The number of benzene rings is 9. The number of nitrogens with zero attached hydrogens (tertiary/aromatic N) is 5. The van der Waals surface area contributed by atoms with E-state index in [-0.39, 0.29) is 10.8 Å². The van der Waals surface area contributed by atoms with Crippen LogP contribution in [0.1, 0.15) is 45.2 Å². The highest BCUT2D eigenvalue weighted by Gasteiger charge is 2.41. The van der Waals surface area contributed by atoms with Crippen LogP contribution in [0.3, 0.4) is 0 Å². The first kappa shape index (κ1) is 39.2. The van der Waals surface area contributed by atoms with Crippen LogP contribution >= 0.6 is 0 Å². The van der Waals surface area contributed by atoms with Gasteiger partial charge in [0.2, 0.25) is 5.95 Å². The molecular formula is C62H47N5. The second-order valence-electron chi connectivity index (χ2n) is 19.6. The highest BCUT2D eigenvalue weighted by molar-refractivity contribution is 6.23. The van der Waals surface area contributed by atoms with Gasteiger partial charge in [0.25, 0.3) is 0 Å².